The van der Waals surface area contributed by atoms with Gasteiger partial charge in [-0.25, -0.2) is 0 Å². The number of aromatic nitrogens is 4. The molecule has 0 unspecified atom stereocenters. The maximum Gasteiger partial charge on any atom is 0.214 e. The van der Waals surface area contributed by atoms with Gasteiger partial charge in [0.15, 0.2) is 0 Å². The van der Waals surface area contributed by atoms with Crippen LogP contribution in [0.5, 0.6) is 5.75 Å². The Hall–Kier alpha value is -1.64. The van der Waals surface area contributed by atoms with Crippen LogP contribution in [-0.4, -0.2) is 57.9 Å². The normalized spacial score (nSPS) is 10.8. The molecule has 1 aromatic carbocycles. The maximum absolute atomic E-state index is 8.71. The highest BCUT2D eigenvalue weighted by molar-refractivity contribution is 7.99. The topological polar surface area (TPSA) is 85.1 Å². The zero-order chi connectivity index (χ0) is 15.1. The third-order valence-electron chi connectivity index (χ3n) is 2.80. The standard InChI is InChI=1S/C13H19N5O2S/c1-10-3-4-12(20-2)11(9-10)18-13(15-16-17-18)21-8-6-14-5-7-19/h3-4,9,14,19H,5-8H2,1-2H3. The highest BCUT2D eigenvalue weighted by Crippen LogP contribution is 2.26. The van der Waals surface area contributed by atoms with E-state index in [0.717, 1.165) is 29.3 Å². The Morgan fingerprint density at radius 2 is 2.24 bits per heavy atom. The van der Waals surface area contributed by atoms with Crippen LogP contribution in [-0.2, 0) is 0 Å². The Balaban J connectivity index is 2.11. The van der Waals surface area contributed by atoms with Crippen molar-refractivity contribution < 1.29 is 9.84 Å². The van der Waals surface area contributed by atoms with Crippen LogP contribution >= 0.6 is 11.8 Å². The molecule has 0 radical (unpaired) electrons. The van der Waals surface area contributed by atoms with Gasteiger partial charge in [-0.15, -0.1) is 5.10 Å². The van der Waals surface area contributed by atoms with E-state index >= 15 is 0 Å². The molecule has 8 heteroatoms. The molecule has 0 aliphatic rings. The molecule has 0 aliphatic carbocycles. The van der Waals surface area contributed by atoms with Crippen molar-refractivity contribution in [1.82, 2.24) is 25.5 Å². The zero-order valence-corrected chi connectivity index (χ0v) is 12.9. The van der Waals surface area contributed by atoms with Crippen LogP contribution < -0.4 is 10.1 Å². The highest BCUT2D eigenvalue weighted by Gasteiger charge is 2.13. The smallest absolute Gasteiger partial charge is 0.214 e. The summed E-state index contributed by atoms with van der Waals surface area (Å²) >= 11 is 1.55. The van der Waals surface area contributed by atoms with Crippen LogP contribution in [0.25, 0.3) is 5.69 Å². The minimum absolute atomic E-state index is 0.142. The molecule has 0 bridgehead atoms. The molecule has 2 aromatic rings. The molecule has 7 nitrogen and oxygen atoms in total. The fourth-order valence-corrected chi connectivity index (χ4v) is 2.58. The molecule has 0 amide bonds. The molecule has 1 aromatic heterocycles. The fourth-order valence-electron chi connectivity index (χ4n) is 1.80. The summed E-state index contributed by atoms with van der Waals surface area (Å²) in [6, 6.07) is 5.88. The molecule has 0 spiro atoms. The number of benzene rings is 1. The second kappa shape index (κ2) is 7.96. The van der Waals surface area contributed by atoms with E-state index in [4.69, 9.17) is 9.84 Å². The van der Waals surface area contributed by atoms with E-state index in [9.17, 15) is 0 Å². The number of hydrogen-bond donors (Lipinski definition) is 2. The van der Waals surface area contributed by atoms with Crippen LogP contribution in [0, 0.1) is 6.92 Å². The molecule has 114 valence electrons. The van der Waals surface area contributed by atoms with Crippen molar-refractivity contribution in [3.8, 4) is 11.4 Å². The van der Waals surface area contributed by atoms with Gasteiger partial charge in [0.05, 0.1) is 13.7 Å². The monoisotopic (exact) mass is 309 g/mol. The van der Waals surface area contributed by atoms with Gasteiger partial charge in [0.25, 0.3) is 0 Å². The predicted molar refractivity (Wildman–Crippen MR) is 81.1 cm³/mol. The largest absolute Gasteiger partial charge is 0.494 e. The van der Waals surface area contributed by atoms with Crippen LogP contribution in [0.3, 0.4) is 0 Å². The molecule has 0 saturated heterocycles. The number of methoxy groups -OCH3 is 1. The van der Waals surface area contributed by atoms with E-state index in [-0.39, 0.29) is 6.61 Å². The quantitative estimate of drug-likeness (QED) is 0.547. The molecular weight excluding hydrogens is 290 g/mol. The van der Waals surface area contributed by atoms with Gasteiger partial charge < -0.3 is 15.2 Å². The lowest BCUT2D eigenvalue weighted by Crippen LogP contribution is -2.20. The number of hydrogen-bond acceptors (Lipinski definition) is 7. The molecule has 1 heterocycles. The van der Waals surface area contributed by atoms with Gasteiger partial charge in [-0.2, -0.15) is 4.68 Å². The SMILES string of the molecule is COc1ccc(C)cc1-n1nnnc1SCCNCCO. The molecule has 2 rings (SSSR count). The van der Waals surface area contributed by atoms with Crippen molar-refractivity contribution in [1.29, 1.82) is 0 Å². The minimum atomic E-state index is 0.142. The van der Waals surface area contributed by atoms with Gasteiger partial charge >= 0.3 is 0 Å². The number of tetrazole rings is 1. The summed E-state index contributed by atoms with van der Waals surface area (Å²) in [6.45, 7) is 3.53. The number of nitrogens with zero attached hydrogens (tertiary/aromatic N) is 4. The number of aryl methyl sites for hydroxylation is 1. The first-order valence-electron chi connectivity index (χ1n) is 6.64. The van der Waals surface area contributed by atoms with Gasteiger partial charge in [-0.05, 0) is 35.0 Å². The molecule has 2 N–H and O–H groups in total. The Morgan fingerprint density at radius 1 is 1.38 bits per heavy atom. The van der Waals surface area contributed by atoms with Crippen LogP contribution in [0.15, 0.2) is 23.4 Å². The van der Waals surface area contributed by atoms with Crippen molar-refractivity contribution in [3.63, 3.8) is 0 Å². The maximum atomic E-state index is 8.71. The molecular formula is C13H19N5O2S. The highest BCUT2D eigenvalue weighted by atomic mass is 32.2. The van der Waals surface area contributed by atoms with Gasteiger partial charge in [-0.3, -0.25) is 0 Å². The van der Waals surface area contributed by atoms with E-state index in [0.29, 0.717) is 11.7 Å². The minimum Gasteiger partial charge on any atom is -0.494 e. The average Bonchev–Trinajstić information content (AvgIpc) is 2.95. The summed E-state index contributed by atoms with van der Waals surface area (Å²) in [6.07, 6.45) is 0. The third kappa shape index (κ3) is 4.16. The molecule has 0 saturated carbocycles. The van der Waals surface area contributed by atoms with Gasteiger partial charge in [0.1, 0.15) is 11.4 Å². The molecule has 21 heavy (non-hydrogen) atoms. The summed E-state index contributed by atoms with van der Waals surface area (Å²) in [5.41, 5.74) is 1.94. The number of aliphatic hydroxyl groups excluding tert-OH is 1. The van der Waals surface area contributed by atoms with Gasteiger partial charge in [-0.1, -0.05) is 17.8 Å². The Kier molecular flexibility index (Phi) is 5.97. The van der Waals surface area contributed by atoms with Crippen LogP contribution in [0.1, 0.15) is 5.56 Å². The Morgan fingerprint density at radius 3 is 3.00 bits per heavy atom. The average molecular weight is 309 g/mol. The van der Waals surface area contributed by atoms with E-state index in [1.807, 2.05) is 25.1 Å². The summed E-state index contributed by atoms with van der Waals surface area (Å²) in [4.78, 5) is 0. The second-order valence-corrected chi connectivity index (χ2v) is 5.43. The first kappa shape index (κ1) is 15.7. The van der Waals surface area contributed by atoms with E-state index in [2.05, 4.69) is 20.8 Å². The van der Waals surface area contributed by atoms with Gasteiger partial charge in [0, 0.05) is 18.8 Å². The number of nitrogens with one attached hydrogen (secondary N) is 1. The van der Waals surface area contributed by atoms with Gasteiger partial charge in [0.2, 0.25) is 5.16 Å². The number of rotatable bonds is 8. The Bertz CT molecular complexity index is 575. The summed E-state index contributed by atoms with van der Waals surface area (Å²) in [5.74, 6) is 1.54. The Labute approximate surface area is 127 Å². The van der Waals surface area contributed by atoms with Crippen molar-refractivity contribution in [2.75, 3.05) is 32.6 Å². The first-order valence-corrected chi connectivity index (χ1v) is 7.62. The van der Waals surface area contributed by atoms with E-state index < -0.39 is 0 Å². The lowest BCUT2D eigenvalue weighted by molar-refractivity contribution is 0.294. The number of thioether (sulfide) groups is 1. The van der Waals surface area contributed by atoms with Crippen molar-refractivity contribution in [2.45, 2.75) is 12.1 Å². The summed E-state index contributed by atoms with van der Waals surface area (Å²) in [7, 11) is 1.63. The lowest BCUT2D eigenvalue weighted by atomic mass is 10.2. The number of ether oxygens (including phenoxy) is 1. The fraction of sp³-hybridized carbons (Fsp3) is 0.462. The molecule has 0 aliphatic heterocycles. The number of aliphatic hydroxyl groups is 1. The second-order valence-electron chi connectivity index (χ2n) is 4.37. The summed E-state index contributed by atoms with van der Waals surface area (Å²) in [5, 5.41) is 24.4. The van der Waals surface area contributed by atoms with Crippen molar-refractivity contribution in [2.24, 2.45) is 0 Å². The third-order valence-corrected chi connectivity index (χ3v) is 3.72. The van der Waals surface area contributed by atoms with E-state index in [1.54, 1.807) is 23.6 Å². The first-order chi connectivity index (χ1) is 10.3. The molecule has 0 fully saturated rings. The van der Waals surface area contributed by atoms with Crippen molar-refractivity contribution >= 4 is 11.8 Å². The zero-order valence-electron chi connectivity index (χ0n) is 12.1. The lowest BCUT2D eigenvalue weighted by Gasteiger charge is -2.10. The van der Waals surface area contributed by atoms with E-state index in [1.165, 1.54) is 0 Å². The van der Waals surface area contributed by atoms with Crippen LogP contribution in [0.2, 0.25) is 0 Å². The molecule has 0 atom stereocenters. The van der Waals surface area contributed by atoms with Crippen LogP contribution in [0.4, 0.5) is 0 Å². The van der Waals surface area contributed by atoms with Crippen molar-refractivity contribution in [3.05, 3.63) is 23.8 Å². The predicted octanol–water partition coefficient (Wildman–Crippen LogP) is 0.653. The summed E-state index contributed by atoms with van der Waals surface area (Å²) < 4.78 is 7.05.